The molecule has 3 aromatic rings. The van der Waals surface area contributed by atoms with Crippen molar-refractivity contribution in [2.45, 2.75) is 33.1 Å². The lowest BCUT2D eigenvalue weighted by Gasteiger charge is -2.18. The van der Waals surface area contributed by atoms with Gasteiger partial charge in [0.25, 0.3) is 0 Å². The van der Waals surface area contributed by atoms with E-state index in [0.29, 0.717) is 17.9 Å². The van der Waals surface area contributed by atoms with Crippen LogP contribution in [-0.2, 0) is 5.41 Å². The van der Waals surface area contributed by atoms with Crippen molar-refractivity contribution in [3.63, 3.8) is 0 Å². The lowest BCUT2D eigenvalue weighted by Crippen LogP contribution is -2.12. The first-order valence-electron chi connectivity index (χ1n) is 10.0. The van der Waals surface area contributed by atoms with Gasteiger partial charge in [-0.15, -0.1) is 0 Å². The lowest BCUT2D eigenvalue weighted by molar-refractivity contribution is 0.0734. The zero-order chi connectivity index (χ0) is 21.6. The average molecular weight is 402 g/mol. The van der Waals surface area contributed by atoms with Crippen LogP contribution in [-0.4, -0.2) is 18.8 Å². The van der Waals surface area contributed by atoms with E-state index in [9.17, 15) is 4.79 Å². The van der Waals surface area contributed by atoms with Crippen molar-refractivity contribution in [2.24, 2.45) is 4.99 Å². The van der Waals surface area contributed by atoms with Crippen LogP contribution in [0.15, 0.2) is 77.8 Å². The topological polar surface area (TPSA) is 47.9 Å². The molecule has 4 nitrogen and oxygen atoms in total. The fourth-order valence-electron chi connectivity index (χ4n) is 2.84. The van der Waals surface area contributed by atoms with Crippen LogP contribution in [0.4, 0.5) is 5.69 Å². The molecule has 0 heterocycles. The van der Waals surface area contributed by atoms with Gasteiger partial charge in [-0.05, 0) is 84.1 Å². The van der Waals surface area contributed by atoms with E-state index in [-0.39, 0.29) is 11.4 Å². The monoisotopic (exact) mass is 401 g/mol. The van der Waals surface area contributed by atoms with E-state index in [1.165, 1.54) is 5.56 Å². The van der Waals surface area contributed by atoms with Crippen molar-refractivity contribution in [1.82, 2.24) is 0 Å². The number of hydrogen-bond acceptors (Lipinski definition) is 4. The molecule has 0 fully saturated rings. The van der Waals surface area contributed by atoms with Gasteiger partial charge in [0.2, 0.25) is 0 Å². The molecule has 3 rings (SSSR count). The van der Waals surface area contributed by atoms with Gasteiger partial charge in [-0.3, -0.25) is 4.99 Å². The van der Waals surface area contributed by atoms with E-state index >= 15 is 0 Å². The molecule has 0 spiro atoms. The van der Waals surface area contributed by atoms with Gasteiger partial charge in [0, 0.05) is 6.21 Å². The van der Waals surface area contributed by atoms with Crippen LogP contribution >= 0.6 is 0 Å². The highest BCUT2D eigenvalue weighted by atomic mass is 16.5. The summed E-state index contributed by atoms with van der Waals surface area (Å²) in [6.07, 6.45) is 1.79. The van der Waals surface area contributed by atoms with Crippen molar-refractivity contribution >= 4 is 17.9 Å². The zero-order valence-corrected chi connectivity index (χ0v) is 17.9. The molecule has 154 valence electrons. The van der Waals surface area contributed by atoms with Gasteiger partial charge < -0.3 is 9.47 Å². The number of hydrogen-bond donors (Lipinski definition) is 0. The van der Waals surface area contributed by atoms with Gasteiger partial charge >= 0.3 is 5.97 Å². The molecular formula is C26H27NO3. The summed E-state index contributed by atoms with van der Waals surface area (Å²) >= 11 is 0. The Hall–Kier alpha value is -3.40. The summed E-state index contributed by atoms with van der Waals surface area (Å²) < 4.78 is 10.9. The lowest BCUT2D eigenvalue weighted by atomic mass is 9.87. The third kappa shape index (κ3) is 5.80. The minimum Gasteiger partial charge on any atom is -0.494 e. The van der Waals surface area contributed by atoms with Crippen molar-refractivity contribution in [2.75, 3.05) is 6.61 Å². The Morgan fingerprint density at radius 3 is 2.03 bits per heavy atom. The number of ether oxygens (including phenoxy) is 2. The maximum atomic E-state index is 12.4. The predicted octanol–water partition coefficient (Wildman–Crippen LogP) is 6.35. The van der Waals surface area contributed by atoms with E-state index in [0.717, 1.165) is 17.0 Å². The smallest absolute Gasteiger partial charge is 0.343 e. The maximum Gasteiger partial charge on any atom is 0.343 e. The summed E-state index contributed by atoms with van der Waals surface area (Å²) in [5.41, 5.74) is 3.50. The fourth-order valence-corrected chi connectivity index (χ4v) is 2.84. The molecule has 0 aliphatic heterocycles. The molecule has 30 heavy (non-hydrogen) atoms. The van der Waals surface area contributed by atoms with Crippen LogP contribution in [0.1, 0.15) is 49.2 Å². The molecule has 0 N–H and O–H groups in total. The van der Waals surface area contributed by atoms with Crippen LogP contribution in [0.3, 0.4) is 0 Å². The summed E-state index contributed by atoms with van der Waals surface area (Å²) in [6.45, 7) is 9.02. The second-order valence-corrected chi connectivity index (χ2v) is 7.97. The Balaban J connectivity index is 1.60. The Labute approximate surface area is 178 Å². The van der Waals surface area contributed by atoms with Crippen molar-refractivity contribution in [3.05, 3.63) is 89.5 Å². The third-order valence-corrected chi connectivity index (χ3v) is 4.59. The van der Waals surface area contributed by atoms with Crippen LogP contribution in [0, 0.1) is 0 Å². The average Bonchev–Trinajstić information content (AvgIpc) is 2.74. The number of aliphatic imine (C=N–C) groups is 1. The zero-order valence-electron chi connectivity index (χ0n) is 17.9. The van der Waals surface area contributed by atoms with E-state index < -0.39 is 0 Å². The van der Waals surface area contributed by atoms with E-state index in [2.05, 4.69) is 25.8 Å². The van der Waals surface area contributed by atoms with E-state index in [1.54, 1.807) is 30.5 Å². The van der Waals surface area contributed by atoms with E-state index in [1.807, 2.05) is 55.5 Å². The molecule has 0 amide bonds. The number of rotatable bonds is 6. The Bertz CT molecular complexity index is 996. The van der Waals surface area contributed by atoms with Crippen LogP contribution in [0.2, 0.25) is 0 Å². The Morgan fingerprint density at radius 2 is 1.47 bits per heavy atom. The molecule has 0 radical (unpaired) electrons. The predicted molar refractivity (Wildman–Crippen MR) is 121 cm³/mol. The maximum absolute atomic E-state index is 12.4. The minimum atomic E-state index is -0.374. The van der Waals surface area contributed by atoms with Gasteiger partial charge in [-0.2, -0.15) is 0 Å². The first kappa shape index (κ1) is 21.3. The molecule has 3 aromatic carbocycles. The summed E-state index contributed by atoms with van der Waals surface area (Å²) in [5.74, 6) is 0.954. The summed E-state index contributed by atoms with van der Waals surface area (Å²) in [7, 11) is 0. The molecule has 0 saturated carbocycles. The molecule has 0 saturated heterocycles. The standard InChI is InChI=1S/C26H27NO3/c1-5-29-23-14-6-19(7-15-23)18-27-22-12-16-24(17-13-22)30-25(28)20-8-10-21(11-9-20)26(2,3)4/h6-18H,5H2,1-4H3. The summed E-state index contributed by atoms with van der Waals surface area (Å²) in [4.78, 5) is 16.8. The molecule has 4 heteroatoms. The highest BCUT2D eigenvalue weighted by Gasteiger charge is 2.15. The fraction of sp³-hybridized carbons (Fsp3) is 0.231. The van der Waals surface area contributed by atoms with E-state index in [4.69, 9.17) is 9.47 Å². The van der Waals surface area contributed by atoms with Crippen molar-refractivity contribution in [3.8, 4) is 11.5 Å². The molecule has 0 aromatic heterocycles. The first-order chi connectivity index (χ1) is 14.3. The van der Waals surface area contributed by atoms with Gasteiger partial charge in [0.1, 0.15) is 11.5 Å². The number of esters is 1. The molecular weight excluding hydrogens is 374 g/mol. The number of carbonyl (C=O) groups excluding carboxylic acids is 1. The van der Waals surface area contributed by atoms with Crippen molar-refractivity contribution in [1.29, 1.82) is 0 Å². The first-order valence-corrected chi connectivity index (χ1v) is 10.0. The molecule has 0 aliphatic rings. The Kier molecular flexibility index (Phi) is 6.68. The van der Waals surface area contributed by atoms with Gasteiger partial charge in [0.15, 0.2) is 0 Å². The highest BCUT2D eigenvalue weighted by molar-refractivity contribution is 5.91. The third-order valence-electron chi connectivity index (χ3n) is 4.59. The van der Waals surface area contributed by atoms with Crippen molar-refractivity contribution < 1.29 is 14.3 Å². The van der Waals surface area contributed by atoms with Crippen LogP contribution in [0.5, 0.6) is 11.5 Å². The summed E-state index contributed by atoms with van der Waals surface area (Å²) in [5, 5.41) is 0. The number of nitrogens with zero attached hydrogens (tertiary/aromatic N) is 1. The largest absolute Gasteiger partial charge is 0.494 e. The highest BCUT2D eigenvalue weighted by Crippen LogP contribution is 2.23. The van der Waals surface area contributed by atoms with Gasteiger partial charge in [-0.25, -0.2) is 4.79 Å². The quantitative estimate of drug-likeness (QED) is 0.275. The number of benzene rings is 3. The molecule has 0 aliphatic carbocycles. The minimum absolute atomic E-state index is 0.0457. The summed E-state index contributed by atoms with van der Waals surface area (Å²) in [6, 6.07) is 22.4. The van der Waals surface area contributed by atoms with Crippen LogP contribution in [0.25, 0.3) is 0 Å². The van der Waals surface area contributed by atoms with Gasteiger partial charge in [-0.1, -0.05) is 32.9 Å². The molecule has 0 unspecified atom stereocenters. The molecule has 0 atom stereocenters. The second-order valence-electron chi connectivity index (χ2n) is 7.97. The normalized spacial score (nSPS) is 11.5. The SMILES string of the molecule is CCOc1ccc(C=Nc2ccc(OC(=O)c3ccc(C(C)(C)C)cc3)cc2)cc1. The Morgan fingerprint density at radius 1 is 0.867 bits per heavy atom. The van der Waals surface area contributed by atoms with Crippen LogP contribution < -0.4 is 9.47 Å². The molecule has 0 bridgehead atoms. The second kappa shape index (κ2) is 9.40. The van der Waals surface area contributed by atoms with Gasteiger partial charge in [0.05, 0.1) is 17.9 Å². The number of carbonyl (C=O) groups is 1.